The molecule has 3 saturated carbocycles. The van der Waals surface area contributed by atoms with Gasteiger partial charge in [-0.1, -0.05) is 42.0 Å². The third kappa shape index (κ3) is 2.50. The van der Waals surface area contributed by atoms with E-state index in [0.717, 1.165) is 24.8 Å². The Bertz CT molecular complexity index is 832. The summed E-state index contributed by atoms with van der Waals surface area (Å²) >= 11 is 0. The number of hydrogen-bond acceptors (Lipinski definition) is 4. The van der Waals surface area contributed by atoms with Crippen LogP contribution in [0.15, 0.2) is 42.0 Å². The van der Waals surface area contributed by atoms with Crippen LogP contribution in [0.25, 0.3) is 0 Å². The minimum absolute atomic E-state index is 0.167. The number of Topliss-reactive ketones (excluding diaryl/α,β-unsaturated/α-hetero) is 2. The zero-order valence-electron chi connectivity index (χ0n) is 16.2. The lowest BCUT2D eigenvalue weighted by molar-refractivity contribution is -0.145. The van der Waals surface area contributed by atoms with Gasteiger partial charge in [-0.25, -0.2) is 0 Å². The average molecular weight is 380 g/mol. The second-order valence-corrected chi connectivity index (χ2v) is 9.39. The maximum Gasteiger partial charge on any atom is 0.141 e. The van der Waals surface area contributed by atoms with Crippen LogP contribution in [0.4, 0.5) is 0 Å². The van der Waals surface area contributed by atoms with Crippen molar-refractivity contribution in [2.24, 2.45) is 34.8 Å². The molecular weight excluding hydrogens is 350 g/mol. The van der Waals surface area contributed by atoms with E-state index in [9.17, 15) is 14.7 Å². The number of allylic oxidation sites excluding steroid dienone is 2. The molecule has 3 fully saturated rings. The number of aliphatic hydroxyl groups excluding tert-OH is 1. The zero-order valence-corrected chi connectivity index (χ0v) is 16.2. The minimum atomic E-state index is -0.655. The molecule has 0 aromatic heterocycles. The van der Waals surface area contributed by atoms with Crippen LogP contribution < -0.4 is 5.73 Å². The molecule has 1 aromatic carbocycles. The van der Waals surface area contributed by atoms with Gasteiger partial charge in [-0.15, -0.1) is 0 Å². The van der Waals surface area contributed by atoms with E-state index >= 15 is 0 Å². The first-order chi connectivity index (χ1) is 13.5. The normalized spacial score (nSPS) is 40.9. The molecule has 3 N–H and O–H groups in total. The highest BCUT2D eigenvalue weighted by atomic mass is 16.3. The molecule has 0 spiro atoms. The second-order valence-electron chi connectivity index (χ2n) is 9.39. The number of benzene rings is 1. The van der Waals surface area contributed by atoms with E-state index in [1.807, 2.05) is 30.3 Å². The van der Waals surface area contributed by atoms with Gasteiger partial charge in [-0.2, -0.15) is 0 Å². The number of rotatable bonds is 2. The van der Waals surface area contributed by atoms with Crippen molar-refractivity contribution in [2.75, 3.05) is 0 Å². The standard InChI is InChI=1S/C24H29NO3/c25-23(14-4-2-1-3-5-14)24-13-20(27)22-17-9-7-16(26)12-15(17)6-8-18(22)19(24)10-11-21(24)28/h1-6,17-20,22-23,27H,7-13,25H2/t17-,18-,19-,20?,22+,23?,24+/m0/s1. The Kier molecular flexibility index (Phi) is 4.33. The number of aliphatic hydroxyl groups is 1. The summed E-state index contributed by atoms with van der Waals surface area (Å²) in [5.41, 5.74) is 8.35. The molecular formula is C24H29NO3. The topological polar surface area (TPSA) is 80.4 Å². The summed E-state index contributed by atoms with van der Waals surface area (Å²) in [7, 11) is 0. The molecule has 7 atom stereocenters. The molecule has 0 bridgehead atoms. The van der Waals surface area contributed by atoms with Gasteiger partial charge in [0.25, 0.3) is 0 Å². The third-order valence-electron chi connectivity index (χ3n) is 8.31. The summed E-state index contributed by atoms with van der Waals surface area (Å²) in [6.45, 7) is 0. The average Bonchev–Trinajstić information content (AvgIpc) is 3.05. The Balaban J connectivity index is 1.54. The second kappa shape index (κ2) is 6.64. The maximum absolute atomic E-state index is 13.2. The van der Waals surface area contributed by atoms with Gasteiger partial charge < -0.3 is 10.8 Å². The summed E-state index contributed by atoms with van der Waals surface area (Å²) in [4.78, 5) is 25.2. The van der Waals surface area contributed by atoms with Crippen molar-refractivity contribution in [1.82, 2.24) is 0 Å². The number of fused-ring (bicyclic) bond motifs is 5. The number of nitrogens with two attached hydrogens (primary N) is 1. The van der Waals surface area contributed by atoms with Gasteiger partial charge in [0.1, 0.15) is 11.6 Å². The molecule has 4 nitrogen and oxygen atoms in total. The van der Waals surface area contributed by atoms with E-state index in [-0.39, 0.29) is 29.6 Å². The van der Waals surface area contributed by atoms with Crippen LogP contribution in [0.2, 0.25) is 0 Å². The summed E-state index contributed by atoms with van der Waals surface area (Å²) in [5, 5.41) is 11.3. The van der Waals surface area contributed by atoms with Gasteiger partial charge in [0, 0.05) is 25.3 Å². The highest BCUT2D eigenvalue weighted by molar-refractivity contribution is 5.89. The highest BCUT2D eigenvalue weighted by Gasteiger charge is 2.63. The maximum atomic E-state index is 13.2. The molecule has 4 aliphatic carbocycles. The molecule has 0 amide bonds. The number of carbonyl (C=O) groups is 2. The molecule has 4 heteroatoms. The van der Waals surface area contributed by atoms with Crippen molar-refractivity contribution in [3.8, 4) is 0 Å². The van der Waals surface area contributed by atoms with Crippen LogP contribution in [0.3, 0.4) is 0 Å². The fourth-order valence-electron chi connectivity index (χ4n) is 7.16. The zero-order chi connectivity index (χ0) is 19.5. The molecule has 28 heavy (non-hydrogen) atoms. The predicted octanol–water partition coefficient (Wildman–Crippen LogP) is 3.35. The van der Waals surface area contributed by atoms with Crippen LogP contribution >= 0.6 is 0 Å². The van der Waals surface area contributed by atoms with Crippen molar-refractivity contribution >= 4 is 11.6 Å². The molecule has 148 valence electrons. The summed E-state index contributed by atoms with van der Waals surface area (Å²) in [5.74, 6) is 1.53. The Hall–Kier alpha value is -1.78. The van der Waals surface area contributed by atoms with E-state index in [1.54, 1.807) is 0 Å². The Morgan fingerprint density at radius 3 is 2.68 bits per heavy atom. The Morgan fingerprint density at radius 1 is 1.11 bits per heavy atom. The highest BCUT2D eigenvalue weighted by Crippen LogP contribution is 2.63. The summed E-state index contributed by atoms with van der Waals surface area (Å²) in [6, 6.07) is 9.54. The van der Waals surface area contributed by atoms with Crippen LogP contribution in [0.5, 0.6) is 0 Å². The van der Waals surface area contributed by atoms with Gasteiger partial charge >= 0.3 is 0 Å². The van der Waals surface area contributed by atoms with Crippen molar-refractivity contribution in [2.45, 2.75) is 57.1 Å². The SMILES string of the molecule is NC(c1ccccc1)[C@]12CC(O)[C@H]3[C@@H](CC=C4CC(=O)CC[C@@H]43)[C@@H]1CCC2=O. The van der Waals surface area contributed by atoms with E-state index in [2.05, 4.69) is 6.08 Å². The molecule has 0 radical (unpaired) electrons. The molecule has 0 aliphatic heterocycles. The lowest BCUT2D eigenvalue weighted by Gasteiger charge is -2.55. The van der Waals surface area contributed by atoms with E-state index < -0.39 is 11.5 Å². The molecule has 5 rings (SSSR count). The van der Waals surface area contributed by atoms with Crippen LogP contribution in [0, 0.1) is 29.1 Å². The quantitative estimate of drug-likeness (QED) is 0.772. The number of ketones is 2. The first-order valence-electron chi connectivity index (χ1n) is 10.7. The first kappa shape index (κ1) is 18.3. The minimum Gasteiger partial charge on any atom is -0.393 e. The van der Waals surface area contributed by atoms with Gasteiger partial charge in [-0.05, 0) is 54.9 Å². The van der Waals surface area contributed by atoms with Crippen molar-refractivity contribution < 1.29 is 14.7 Å². The molecule has 0 heterocycles. The first-order valence-corrected chi connectivity index (χ1v) is 10.7. The fraction of sp³-hybridized carbons (Fsp3) is 0.583. The van der Waals surface area contributed by atoms with Crippen molar-refractivity contribution in [3.05, 3.63) is 47.5 Å². The van der Waals surface area contributed by atoms with E-state index in [4.69, 9.17) is 5.73 Å². The largest absolute Gasteiger partial charge is 0.393 e. The molecule has 4 aliphatic rings. The van der Waals surface area contributed by atoms with Crippen molar-refractivity contribution in [1.29, 1.82) is 0 Å². The Labute approximate surface area is 166 Å². The smallest absolute Gasteiger partial charge is 0.141 e. The van der Waals surface area contributed by atoms with Crippen LogP contribution in [-0.4, -0.2) is 22.8 Å². The third-order valence-corrected chi connectivity index (χ3v) is 8.31. The predicted molar refractivity (Wildman–Crippen MR) is 106 cm³/mol. The molecule has 1 aromatic rings. The summed E-state index contributed by atoms with van der Waals surface area (Å²) in [6.07, 6.45) is 6.52. The van der Waals surface area contributed by atoms with Crippen LogP contribution in [0.1, 0.15) is 56.6 Å². The lowest BCUT2D eigenvalue weighted by Crippen LogP contribution is -2.57. The number of hydrogen-bond donors (Lipinski definition) is 2. The van der Waals surface area contributed by atoms with E-state index in [1.165, 1.54) is 5.57 Å². The van der Waals surface area contributed by atoms with Gasteiger partial charge in [0.15, 0.2) is 0 Å². The monoisotopic (exact) mass is 379 g/mol. The lowest BCUT2D eigenvalue weighted by atomic mass is 9.49. The Morgan fingerprint density at radius 2 is 1.89 bits per heavy atom. The number of carbonyl (C=O) groups excluding carboxylic acids is 2. The van der Waals surface area contributed by atoms with Crippen molar-refractivity contribution in [3.63, 3.8) is 0 Å². The van der Waals surface area contributed by atoms with Crippen LogP contribution in [-0.2, 0) is 9.59 Å². The molecule has 2 unspecified atom stereocenters. The van der Waals surface area contributed by atoms with Gasteiger partial charge in [0.05, 0.1) is 11.5 Å². The van der Waals surface area contributed by atoms with Gasteiger partial charge in [0.2, 0.25) is 0 Å². The summed E-state index contributed by atoms with van der Waals surface area (Å²) < 4.78 is 0. The van der Waals surface area contributed by atoms with Gasteiger partial charge in [-0.3, -0.25) is 9.59 Å². The van der Waals surface area contributed by atoms with E-state index in [0.29, 0.717) is 37.4 Å². The fourth-order valence-corrected chi connectivity index (χ4v) is 7.16. The molecule has 0 saturated heterocycles.